The van der Waals surface area contributed by atoms with Gasteiger partial charge in [0, 0.05) is 11.9 Å². The van der Waals surface area contributed by atoms with Crippen LogP contribution in [0, 0.1) is 5.92 Å². The summed E-state index contributed by atoms with van der Waals surface area (Å²) in [4.78, 5) is 8.29. The van der Waals surface area contributed by atoms with Gasteiger partial charge in [-0.3, -0.25) is 0 Å². The largest absolute Gasteiger partial charge is 0.351 e. The monoisotopic (exact) mass is 259 g/mol. The first-order valence-corrected chi connectivity index (χ1v) is 6.51. The standard InChI is InChI=1S/C11H15Cl2N3/c12-5-8-3-1-2-4-10(8)16-11-14-6-9(13)7-15-11/h6-8,10H,1-5H2,(H,14,15,16). The van der Waals surface area contributed by atoms with Crippen LogP contribution in [0.4, 0.5) is 5.95 Å². The first-order valence-electron chi connectivity index (χ1n) is 5.59. The SMILES string of the molecule is ClCC1CCCCC1Nc1ncc(Cl)cn1. The van der Waals surface area contributed by atoms with Gasteiger partial charge in [0.2, 0.25) is 5.95 Å². The molecule has 3 nitrogen and oxygen atoms in total. The number of rotatable bonds is 3. The molecule has 0 radical (unpaired) electrons. The van der Waals surface area contributed by atoms with Crippen molar-refractivity contribution in [3.05, 3.63) is 17.4 Å². The van der Waals surface area contributed by atoms with Crippen molar-refractivity contribution < 1.29 is 0 Å². The number of nitrogens with zero attached hydrogens (tertiary/aromatic N) is 2. The van der Waals surface area contributed by atoms with Gasteiger partial charge in [-0.15, -0.1) is 11.6 Å². The molecule has 2 unspecified atom stereocenters. The highest BCUT2D eigenvalue weighted by Crippen LogP contribution is 2.27. The zero-order valence-electron chi connectivity index (χ0n) is 9.00. The molecule has 0 spiro atoms. The van der Waals surface area contributed by atoms with Gasteiger partial charge in [0.05, 0.1) is 17.4 Å². The van der Waals surface area contributed by atoms with E-state index in [0.29, 0.717) is 28.8 Å². The maximum atomic E-state index is 5.96. The Morgan fingerprint density at radius 3 is 2.62 bits per heavy atom. The fraction of sp³-hybridized carbons (Fsp3) is 0.636. The normalized spacial score (nSPS) is 25.4. The highest BCUT2D eigenvalue weighted by atomic mass is 35.5. The topological polar surface area (TPSA) is 37.8 Å². The first-order chi connectivity index (χ1) is 7.79. The summed E-state index contributed by atoms with van der Waals surface area (Å²) in [6.45, 7) is 0. The van der Waals surface area contributed by atoms with Gasteiger partial charge in [-0.2, -0.15) is 0 Å². The van der Waals surface area contributed by atoms with Crippen molar-refractivity contribution in [2.75, 3.05) is 11.2 Å². The highest BCUT2D eigenvalue weighted by molar-refractivity contribution is 6.30. The van der Waals surface area contributed by atoms with E-state index < -0.39 is 0 Å². The Morgan fingerprint density at radius 1 is 1.25 bits per heavy atom. The fourth-order valence-electron chi connectivity index (χ4n) is 2.14. The van der Waals surface area contributed by atoms with E-state index in [1.54, 1.807) is 12.4 Å². The molecule has 1 N–H and O–H groups in total. The molecular weight excluding hydrogens is 245 g/mol. The van der Waals surface area contributed by atoms with E-state index in [2.05, 4.69) is 15.3 Å². The van der Waals surface area contributed by atoms with E-state index >= 15 is 0 Å². The second kappa shape index (κ2) is 5.69. The molecule has 2 atom stereocenters. The van der Waals surface area contributed by atoms with Crippen LogP contribution in [0.5, 0.6) is 0 Å². The van der Waals surface area contributed by atoms with Crippen LogP contribution in [-0.4, -0.2) is 21.9 Å². The van der Waals surface area contributed by atoms with Crippen LogP contribution in [0.1, 0.15) is 25.7 Å². The lowest BCUT2D eigenvalue weighted by Gasteiger charge is -2.30. The summed E-state index contributed by atoms with van der Waals surface area (Å²) in [6.07, 6.45) is 8.07. The van der Waals surface area contributed by atoms with E-state index in [9.17, 15) is 0 Å². The zero-order chi connectivity index (χ0) is 11.4. The van der Waals surface area contributed by atoms with Crippen molar-refractivity contribution in [3.63, 3.8) is 0 Å². The minimum absolute atomic E-state index is 0.396. The van der Waals surface area contributed by atoms with Crippen LogP contribution < -0.4 is 5.32 Å². The lowest BCUT2D eigenvalue weighted by molar-refractivity contribution is 0.352. The van der Waals surface area contributed by atoms with Crippen molar-refractivity contribution in [2.24, 2.45) is 5.92 Å². The smallest absolute Gasteiger partial charge is 0.222 e. The maximum Gasteiger partial charge on any atom is 0.222 e. The number of aromatic nitrogens is 2. The van der Waals surface area contributed by atoms with Crippen molar-refractivity contribution in [3.8, 4) is 0 Å². The highest BCUT2D eigenvalue weighted by Gasteiger charge is 2.24. The fourth-order valence-corrected chi connectivity index (χ4v) is 2.60. The van der Waals surface area contributed by atoms with Crippen molar-refractivity contribution in [1.29, 1.82) is 0 Å². The second-order valence-electron chi connectivity index (χ2n) is 4.17. The molecule has 88 valence electrons. The van der Waals surface area contributed by atoms with E-state index in [0.717, 1.165) is 6.42 Å². The number of alkyl halides is 1. The quantitative estimate of drug-likeness (QED) is 0.847. The molecule has 2 rings (SSSR count). The summed E-state index contributed by atoms with van der Waals surface area (Å²) in [5.41, 5.74) is 0. The minimum atomic E-state index is 0.396. The van der Waals surface area contributed by atoms with Gasteiger partial charge in [0.1, 0.15) is 0 Å². The molecule has 1 aliphatic carbocycles. The molecule has 0 saturated heterocycles. The third kappa shape index (κ3) is 2.98. The van der Waals surface area contributed by atoms with Gasteiger partial charge in [0.15, 0.2) is 0 Å². The van der Waals surface area contributed by atoms with Gasteiger partial charge in [-0.05, 0) is 18.8 Å². The number of anilines is 1. The van der Waals surface area contributed by atoms with Gasteiger partial charge in [-0.1, -0.05) is 24.4 Å². The number of hydrogen-bond acceptors (Lipinski definition) is 3. The summed E-state index contributed by atoms with van der Waals surface area (Å²) in [5.74, 6) is 1.87. The second-order valence-corrected chi connectivity index (χ2v) is 4.92. The molecule has 1 saturated carbocycles. The number of halogens is 2. The molecule has 5 heteroatoms. The lowest BCUT2D eigenvalue weighted by atomic mass is 9.86. The Morgan fingerprint density at radius 2 is 1.94 bits per heavy atom. The first kappa shape index (κ1) is 11.9. The molecule has 0 aromatic carbocycles. The predicted molar refractivity (Wildman–Crippen MR) is 67.1 cm³/mol. The van der Waals surface area contributed by atoms with Gasteiger partial charge < -0.3 is 5.32 Å². The van der Waals surface area contributed by atoms with E-state index in [-0.39, 0.29) is 0 Å². The molecule has 0 aliphatic heterocycles. The third-order valence-electron chi connectivity index (χ3n) is 3.04. The molecule has 16 heavy (non-hydrogen) atoms. The number of hydrogen-bond donors (Lipinski definition) is 1. The summed E-state index contributed by atoms with van der Waals surface area (Å²) in [7, 11) is 0. The van der Waals surface area contributed by atoms with Crippen LogP contribution in [0.3, 0.4) is 0 Å². The average Bonchev–Trinajstić information content (AvgIpc) is 2.33. The zero-order valence-corrected chi connectivity index (χ0v) is 10.5. The molecule has 1 fully saturated rings. The molecular formula is C11H15Cl2N3. The summed E-state index contributed by atoms with van der Waals surface area (Å²) < 4.78 is 0. The van der Waals surface area contributed by atoms with Crippen molar-refractivity contribution in [1.82, 2.24) is 9.97 Å². The van der Waals surface area contributed by atoms with E-state index in [1.165, 1.54) is 19.3 Å². The lowest BCUT2D eigenvalue weighted by Crippen LogP contribution is -2.33. The third-order valence-corrected chi connectivity index (χ3v) is 3.63. The van der Waals surface area contributed by atoms with Crippen molar-refractivity contribution in [2.45, 2.75) is 31.7 Å². The maximum absolute atomic E-state index is 5.96. The Kier molecular flexibility index (Phi) is 4.24. The van der Waals surface area contributed by atoms with Crippen molar-refractivity contribution >= 4 is 29.2 Å². The summed E-state index contributed by atoms with van der Waals surface area (Å²) in [5, 5.41) is 3.90. The molecule has 0 amide bonds. The minimum Gasteiger partial charge on any atom is -0.351 e. The Hall–Kier alpha value is -0.540. The van der Waals surface area contributed by atoms with E-state index in [1.807, 2.05) is 0 Å². The van der Waals surface area contributed by atoms with Gasteiger partial charge in [0.25, 0.3) is 0 Å². The molecule has 1 aliphatic rings. The Labute approximate surface area is 106 Å². The molecule has 1 heterocycles. The van der Waals surface area contributed by atoms with Gasteiger partial charge >= 0.3 is 0 Å². The summed E-state index contributed by atoms with van der Waals surface area (Å²) in [6, 6.07) is 0.396. The van der Waals surface area contributed by atoms with Gasteiger partial charge in [-0.25, -0.2) is 9.97 Å². The van der Waals surface area contributed by atoms with E-state index in [4.69, 9.17) is 23.2 Å². The van der Waals surface area contributed by atoms with Crippen LogP contribution in [0.25, 0.3) is 0 Å². The Bertz CT molecular complexity index is 329. The number of nitrogens with one attached hydrogen (secondary N) is 1. The van der Waals surface area contributed by atoms with Crippen LogP contribution in [0.15, 0.2) is 12.4 Å². The molecule has 1 aromatic heterocycles. The molecule has 0 bridgehead atoms. The Balaban J connectivity index is 1.99. The predicted octanol–water partition coefficient (Wildman–Crippen LogP) is 3.34. The molecule has 1 aromatic rings. The average molecular weight is 260 g/mol. The van der Waals surface area contributed by atoms with Crippen LogP contribution >= 0.6 is 23.2 Å². The summed E-state index contributed by atoms with van der Waals surface area (Å²) >= 11 is 11.7. The van der Waals surface area contributed by atoms with Crippen LogP contribution in [-0.2, 0) is 0 Å². The van der Waals surface area contributed by atoms with Crippen LogP contribution in [0.2, 0.25) is 5.02 Å².